The maximum atomic E-state index is 12.6. The van der Waals surface area contributed by atoms with Crippen LogP contribution in [-0.2, 0) is 11.2 Å². The summed E-state index contributed by atoms with van der Waals surface area (Å²) in [7, 11) is 1.65. The maximum Gasteiger partial charge on any atom is 0.227 e. The molecule has 1 saturated heterocycles. The Labute approximate surface area is 127 Å². The van der Waals surface area contributed by atoms with Gasteiger partial charge in [0.05, 0.1) is 13.0 Å². The topological polar surface area (TPSA) is 55.6 Å². The third-order valence-electron chi connectivity index (χ3n) is 4.19. The highest BCUT2D eigenvalue weighted by molar-refractivity contribution is 5.79. The number of rotatable bonds is 5. The van der Waals surface area contributed by atoms with Gasteiger partial charge in [0, 0.05) is 19.6 Å². The minimum Gasteiger partial charge on any atom is -0.497 e. The summed E-state index contributed by atoms with van der Waals surface area (Å²) in [5.41, 5.74) is 6.98. The van der Waals surface area contributed by atoms with Crippen molar-refractivity contribution in [3.8, 4) is 5.75 Å². The lowest BCUT2D eigenvalue weighted by Crippen LogP contribution is -2.40. The number of hydrogen-bond donors (Lipinski definition) is 1. The number of nitrogens with two attached hydrogens (primary N) is 1. The van der Waals surface area contributed by atoms with E-state index in [0.29, 0.717) is 13.0 Å². The van der Waals surface area contributed by atoms with E-state index in [0.717, 1.165) is 37.2 Å². The van der Waals surface area contributed by atoms with Gasteiger partial charge in [-0.15, -0.1) is 0 Å². The van der Waals surface area contributed by atoms with Crippen molar-refractivity contribution >= 4 is 5.91 Å². The molecular weight excluding hydrogens is 264 g/mol. The second-order valence-electron chi connectivity index (χ2n) is 5.72. The molecule has 1 heterocycles. The number of carbonyl (C=O) groups excluding carboxylic acids is 1. The standard InChI is InChI=1S/C17H26N2O2/c1-21-16-8-6-14(7-9-16)12-15(13-18)17(20)19-10-4-2-3-5-11-19/h6-9,15H,2-5,10-13,18H2,1H3. The number of methoxy groups -OCH3 is 1. The molecule has 116 valence electrons. The van der Waals surface area contributed by atoms with Gasteiger partial charge in [0.15, 0.2) is 0 Å². The predicted octanol–water partition coefficient (Wildman–Crippen LogP) is 2.22. The van der Waals surface area contributed by atoms with Crippen LogP contribution in [0.5, 0.6) is 5.75 Å². The predicted molar refractivity (Wildman–Crippen MR) is 84.3 cm³/mol. The fraction of sp³-hybridized carbons (Fsp3) is 0.588. The molecule has 1 aromatic carbocycles. The Kier molecular flexibility index (Phi) is 6.05. The molecule has 0 saturated carbocycles. The summed E-state index contributed by atoms with van der Waals surface area (Å²) in [6.07, 6.45) is 5.40. The molecule has 1 aromatic rings. The molecule has 1 aliphatic heterocycles. The summed E-state index contributed by atoms with van der Waals surface area (Å²) in [5, 5.41) is 0. The molecule has 4 nitrogen and oxygen atoms in total. The summed E-state index contributed by atoms with van der Waals surface area (Å²) in [4.78, 5) is 14.6. The summed E-state index contributed by atoms with van der Waals surface area (Å²) >= 11 is 0. The van der Waals surface area contributed by atoms with E-state index < -0.39 is 0 Å². The first kappa shape index (κ1) is 15.8. The van der Waals surface area contributed by atoms with Crippen molar-refractivity contribution in [2.75, 3.05) is 26.7 Å². The molecule has 1 aliphatic rings. The first-order chi connectivity index (χ1) is 10.2. The van der Waals surface area contributed by atoms with Crippen molar-refractivity contribution in [2.24, 2.45) is 11.7 Å². The summed E-state index contributed by atoms with van der Waals surface area (Å²) < 4.78 is 5.16. The van der Waals surface area contributed by atoms with Gasteiger partial charge < -0.3 is 15.4 Å². The van der Waals surface area contributed by atoms with Crippen LogP contribution in [0.3, 0.4) is 0 Å². The number of nitrogens with zero attached hydrogens (tertiary/aromatic N) is 1. The zero-order valence-electron chi connectivity index (χ0n) is 12.9. The SMILES string of the molecule is COc1ccc(CC(CN)C(=O)N2CCCCCC2)cc1. The lowest BCUT2D eigenvalue weighted by atomic mass is 9.97. The summed E-state index contributed by atoms with van der Waals surface area (Å²) in [5.74, 6) is 0.939. The normalized spacial score (nSPS) is 17.1. The minimum absolute atomic E-state index is 0.114. The number of carbonyl (C=O) groups is 1. The Balaban J connectivity index is 1.98. The molecule has 4 heteroatoms. The van der Waals surface area contributed by atoms with Gasteiger partial charge in [0.2, 0.25) is 5.91 Å². The first-order valence-corrected chi connectivity index (χ1v) is 7.86. The van der Waals surface area contributed by atoms with Gasteiger partial charge in [-0.1, -0.05) is 25.0 Å². The zero-order valence-corrected chi connectivity index (χ0v) is 12.9. The third-order valence-corrected chi connectivity index (χ3v) is 4.19. The molecule has 2 rings (SSSR count). The first-order valence-electron chi connectivity index (χ1n) is 7.86. The Morgan fingerprint density at radius 3 is 2.33 bits per heavy atom. The van der Waals surface area contributed by atoms with Gasteiger partial charge in [-0.3, -0.25) is 4.79 Å². The van der Waals surface area contributed by atoms with E-state index in [1.807, 2.05) is 29.2 Å². The van der Waals surface area contributed by atoms with E-state index in [9.17, 15) is 4.79 Å². The number of likely N-dealkylation sites (tertiary alicyclic amines) is 1. The summed E-state index contributed by atoms with van der Waals surface area (Å²) in [6.45, 7) is 2.18. The molecule has 0 aliphatic carbocycles. The van der Waals surface area contributed by atoms with Crippen molar-refractivity contribution in [3.05, 3.63) is 29.8 Å². The summed E-state index contributed by atoms with van der Waals surface area (Å²) in [6, 6.07) is 7.88. The highest BCUT2D eigenvalue weighted by Gasteiger charge is 2.24. The van der Waals surface area contributed by atoms with Gasteiger partial charge in [-0.05, 0) is 37.0 Å². The molecule has 1 atom stereocenters. The number of benzene rings is 1. The number of hydrogen-bond acceptors (Lipinski definition) is 3. The quantitative estimate of drug-likeness (QED) is 0.904. The van der Waals surface area contributed by atoms with Gasteiger partial charge in [-0.2, -0.15) is 0 Å². The second kappa shape index (κ2) is 8.03. The number of ether oxygens (including phenoxy) is 1. The molecule has 0 radical (unpaired) electrons. The lowest BCUT2D eigenvalue weighted by Gasteiger charge is -2.25. The van der Waals surface area contributed by atoms with Crippen LogP contribution in [0.15, 0.2) is 24.3 Å². The van der Waals surface area contributed by atoms with E-state index in [2.05, 4.69) is 0 Å². The van der Waals surface area contributed by atoms with Crippen LogP contribution in [0.4, 0.5) is 0 Å². The monoisotopic (exact) mass is 290 g/mol. The smallest absolute Gasteiger partial charge is 0.227 e. The molecule has 2 N–H and O–H groups in total. The van der Waals surface area contributed by atoms with Crippen molar-refractivity contribution < 1.29 is 9.53 Å². The molecule has 1 amide bonds. The molecule has 21 heavy (non-hydrogen) atoms. The molecule has 1 fully saturated rings. The zero-order chi connectivity index (χ0) is 15.1. The third kappa shape index (κ3) is 4.46. The molecule has 0 spiro atoms. The van der Waals surface area contributed by atoms with Crippen molar-refractivity contribution in [2.45, 2.75) is 32.1 Å². The van der Waals surface area contributed by atoms with Crippen LogP contribution >= 0.6 is 0 Å². The Morgan fingerprint density at radius 1 is 1.19 bits per heavy atom. The number of amides is 1. The second-order valence-corrected chi connectivity index (χ2v) is 5.72. The fourth-order valence-corrected chi connectivity index (χ4v) is 2.87. The van der Waals surface area contributed by atoms with Crippen LogP contribution in [0.2, 0.25) is 0 Å². The van der Waals surface area contributed by atoms with Gasteiger partial charge in [0.1, 0.15) is 5.75 Å². The average molecular weight is 290 g/mol. The fourth-order valence-electron chi connectivity index (χ4n) is 2.87. The minimum atomic E-state index is -0.114. The van der Waals surface area contributed by atoms with Crippen LogP contribution in [0, 0.1) is 5.92 Å². The largest absolute Gasteiger partial charge is 0.497 e. The Bertz CT molecular complexity index is 437. The highest BCUT2D eigenvalue weighted by Crippen LogP contribution is 2.18. The van der Waals surface area contributed by atoms with Gasteiger partial charge in [-0.25, -0.2) is 0 Å². The van der Waals surface area contributed by atoms with E-state index in [1.54, 1.807) is 7.11 Å². The van der Waals surface area contributed by atoms with Crippen LogP contribution in [0.25, 0.3) is 0 Å². The Morgan fingerprint density at radius 2 is 1.81 bits per heavy atom. The van der Waals surface area contributed by atoms with Gasteiger partial charge in [0.25, 0.3) is 0 Å². The van der Waals surface area contributed by atoms with Crippen LogP contribution in [0.1, 0.15) is 31.2 Å². The molecule has 1 unspecified atom stereocenters. The molecule has 0 aromatic heterocycles. The van der Waals surface area contributed by atoms with E-state index in [1.165, 1.54) is 12.8 Å². The Hall–Kier alpha value is -1.55. The van der Waals surface area contributed by atoms with Crippen molar-refractivity contribution in [1.82, 2.24) is 4.90 Å². The lowest BCUT2D eigenvalue weighted by molar-refractivity contribution is -0.135. The maximum absolute atomic E-state index is 12.6. The van der Waals surface area contributed by atoms with Crippen molar-refractivity contribution in [3.63, 3.8) is 0 Å². The van der Waals surface area contributed by atoms with E-state index in [-0.39, 0.29) is 11.8 Å². The highest BCUT2D eigenvalue weighted by atomic mass is 16.5. The van der Waals surface area contributed by atoms with E-state index in [4.69, 9.17) is 10.5 Å². The van der Waals surface area contributed by atoms with Crippen molar-refractivity contribution in [1.29, 1.82) is 0 Å². The van der Waals surface area contributed by atoms with E-state index >= 15 is 0 Å². The molecule has 0 bridgehead atoms. The molecular formula is C17H26N2O2. The van der Waals surface area contributed by atoms with Crippen LogP contribution in [-0.4, -0.2) is 37.6 Å². The van der Waals surface area contributed by atoms with Crippen LogP contribution < -0.4 is 10.5 Å². The average Bonchev–Trinajstić information content (AvgIpc) is 2.81. The van der Waals surface area contributed by atoms with Gasteiger partial charge >= 0.3 is 0 Å².